The van der Waals surface area contributed by atoms with E-state index in [1.54, 1.807) is 51.6 Å². The van der Waals surface area contributed by atoms with E-state index in [4.69, 9.17) is 4.74 Å². The maximum atomic E-state index is 14.5. The minimum absolute atomic E-state index is 0.338. The Morgan fingerprint density at radius 1 is 1.06 bits per heavy atom. The summed E-state index contributed by atoms with van der Waals surface area (Å²) in [5, 5.41) is 12.0. The van der Waals surface area contributed by atoms with Crippen LogP contribution in [-0.4, -0.2) is 43.4 Å². The standard InChI is InChI=1S/C27H27F3N4O2/c1-16-20-4-6-31-13-23(20)34-22(16)10-26(35,27(28,29)30)14-25(2,3)21-9-18(19-11-32-15-33-12-19)8-17-5-7-36-24(17)21/h4,6,8-9,11-13,15,34-35H,5,7,10,14H2,1-3H3. The van der Waals surface area contributed by atoms with Crippen LogP contribution in [0.15, 0.2) is 49.3 Å². The number of hydrogen-bond donors (Lipinski definition) is 2. The summed E-state index contributed by atoms with van der Waals surface area (Å²) in [7, 11) is 0. The van der Waals surface area contributed by atoms with Gasteiger partial charge in [0.05, 0.1) is 18.3 Å². The Bertz CT molecular complexity index is 1420. The molecule has 0 aliphatic carbocycles. The van der Waals surface area contributed by atoms with Gasteiger partial charge in [0.25, 0.3) is 0 Å². The van der Waals surface area contributed by atoms with Gasteiger partial charge in [-0.05, 0) is 53.6 Å². The van der Waals surface area contributed by atoms with Crippen molar-refractivity contribution < 1.29 is 23.0 Å². The molecule has 1 aliphatic heterocycles. The molecule has 1 aromatic carbocycles. The lowest BCUT2D eigenvalue weighted by Gasteiger charge is -2.38. The fourth-order valence-electron chi connectivity index (χ4n) is 5.22. The van der Waals surface area contributed by atoms with E-state index in [0.717, 1.165) is 22.1 Å². The molecular formula is C27H27F3N4O2. The minimum Gasteiger partial charge on any atom is -0.493 e. The van der Waals surface area contributed by atoms with Crippen LogP contribution in [-0.2, 0) is 18.3 Å². The maximum absolute atomic E-state index is 14.5. The molecule has 188 valence electrons. The molecule has 1 aliphatic rings. The van der Waals surface area contributed by atoms with Crippen LogP contribution in [0.5, 0.6) is 5.75 Å². The van der Waals surface area contributed by atoms with Gasteiger partial charge < -0.3 is 14.8 Å². The number of aliphatic hydroxyl groups is 1. The Kier molecular flexibility index (Phi) is 5.78. The lowest BCUT2D eigenvalue weighted by atomic mass is 9.72. The smallest absolute Gasteiger partial charge is 0.417 e. The van der Waals surface area contributed by atoms with E-state index >= 15 is 0 Å². The third-order valence-electron chi connectivity index (χ3n) is 7.10. The molecule has 5 rings (SSSR count). The number of rotatable bonds is 6. The van der Waals surface area contributed by atoms with Crippen LogP contribution in [0, 0.1) is 6.92 Å². The van der Waals surface area contributed by atoms with Crippen molar-refractivity contribution in [1.82, 2.24) is 19.9 Å². The van der Waals surface area contributed by atoms with Crippen molar-refractivity contribution in [3.05, 3.63) is 71.7 Å². The molecule has 0 fully saturated rings. The van der Waals surface area contributed by atoms with Crippen molar-refractivity contribution in [3.63, 3.8) is 0 Å². The van der Waals surface area contributed by atoms with E-state index in [1.807, 2.05) is 12.1 Å². The van der Waals surface area contributed by atoms with Crippen LogP contribution in [0.25, 0.3) is 22.0 Å². The van der Waals surface area contributed by atoms with Crippen molar-refractivity contribution in [2.24, 2.45) is 0 Å². The third kappa shape index (κ3) is 4.21. The summed E-state index contributed by atoms with van der Waals surface area (Å²) >= 11 is 0. The Morgan fingerprint density at radius 2 is 1.81 bits per heavy atom. The summed E-state index contributed by atoms with van der Waals surface area (Å²) < 4.78 is 49.4. The molecule has 1 atom stereocenters. The molecule has 0 spiro atoms. The summed E-state index contributed by atoms with van der Waals surface area (Å²) in [4.78, 5) is 15.2. The monoisotopic (exact) mass is 496 g/mol. The van der Waals surface area contributed by atoms with Gasteiger partial charge in [-0.3, -0.25) is 4.98 Å². The van der Waals surface area contributed by atoms with E-state index in [-0.39, 0.29) is 0 Å². The van der Waals surface area contributed by atoms with Gasteiger partial charge in [-0.15, -0.1) is 0 Å². The zero-order chi connectivity index (χ0) is 25.7. The minimum atomic E-state index is -4.86. The first kappa shape index (κ1) is 24.2. The zero-order valence-corrected chi connectivity index (χ0v) is 20.3. The first-order valence-electron chi connectivity index (χ1n) is 11.7. The molecule has 0 saturated carbocycles. The molecule has 9 heteroatoms. The molecule has 0 radical (unpaired) electrons. The fraction of sp³-hybridized carbons (Fsp3) is 0.370. The number of halogens is 3. The second kappa shape index (κ2) is 8.58. The van der Waals surface area contributed by atoms with E-state index in [9.17, 15) is 18.3 Å². The highest BCUT2D eigenvalue weighted by Gasteiger charge is 2.56. The number of alkyl halides is 3. The van der Waals surface area contributed by atoms with Crippen LogP contribution in [0.4, 0.5) is 13.2 Å². The van der Waals surface area contributed by atoms with Crippen LogP contribution >= 0.6 is 0 Å². The fourth-order valence-corrected chi connectivity index (χ4v) is 5.22. The number of nitrogens with zero attached hydrogens (tertiary/aromatic N) is 3. The maximum Gasteiger partial charge on any atom is 0.417 e. The van der Waals surface area contributed by atoms with Gasteiger partial charge >= 0.3 is 6.18 Å². The van der Waals surface area contributed by atoms with Gasteiger partial charge in [0.2, 0.25) is 0 Å². The first-order chi connectivity index (χ1) is 17.0. The molecular weight excluding hydrogens is 469 g/mol. The zero-order valence-electron chi connectivity index (χ0n) is 20.3. The average molecular weight is 497 g/mol. The number of aromatic nitrogens is 4. The molecule has 4 heterocycles. The molecule has 1 unspecified atom stereocenters. The second-order valence-corrected chi connectivity index (χ2v) is 10.2. The van der Waals surface area contributed by atoms with Gasteiger partial charge in [0.15, 0.2) is 5.60 Å². The van der Waals surface area contributed by atoms with E-state index in [0.29, 0.717) is 41.1 Å². The summed E-state index contributed by atoms with van der Waals surface area (Å²) in [5.74, 6) is 0.595. The van der Waals surface area contributed by atoms with E-state index < -0.39 is 30.0 Å². The predicted octanol–water partition coefficient (Wildman–Crippen LogP) is 5.47. The third-order valence-corrected chi connectivity index (χ3v) is 7.10. The second-order valence-electron chi connectivity index (χ2n) is 10.2. The van der Waals surface area contributed by atoms with E-state index in [2.05, 4.69) is 19.9 Å². The number of hydrogen-bond acceptors (Lipinski definition) is 5. The number of nitrogens with one attached hydrogen (secondary N) is 1. The molecule has 0 saturated heterocycles. The number of pyridine rings is 1. The highest BCUT2D eigenvalue weighted by Crippen LogP contribution is 2.48. The largest absolute Gasteiger partial charge is 0.493 e. The Hall–Kier alpha value is -3.46. The number of H-pyrrole nitrogens is 1. The molecule has 6 nitrogen and oxygen atoms in total. The summed E-state index contributed by atoms with van der Waals surface area (Å²) in [6, 6.07) is 5.55. The highest BCUT2D eigenvalue weighted by molar-refractivity contribution is 5.83. The van der Waals surface area contributed by atoms with Crippen molar-refractivity contribution in [2.45, 2.75) is 57.2 Å². The molecule has 4 aromatic rings. The normalized spacial score (nSPS) is 15.5. The molecule has 36 heavy (non-hydrogen) atoms. The van der Waals surface area contributed by atoms with Crippen LogP contribution in [0.2, 0.25) is 0 Å². The molecule has 3 aromatic heterocycles. The Balaban J connectivity index is 1.56. The lowest BCUT2D eigenvalue weighted by molar-refractivity contribution is -0.266. The van der Waals surface area contributed by atoms with Crippen molar-refractivity contribution in [3.8, 4) is 16.9 Å². The molecule has 2 N–H and O–H groups in total. The number of fused-ring (bicyclic) bond motifs is 2. The average Bonchev–Trinajstić information content (AvgIpc) is 3.42. The number of benzene rings is 1. The summed E-state index contributed by atoms with van der Waals surface area (Å²) in [6.45, 7) is 5.64. The van der Waals surface area contributed by atoms with Gasteiger partial charge in [-0.2, -0.15) is 13.2 Å². The highest BCUT2D eigenvalue weighted by atomic mass is 19.4. The van der Waals surface area contributed by atoms with Crippen molar-refractivity contribution >= 4 is 10.9 Å². The van der Waals surface area contributed by atoms with E-state index in [1.165, 1.54) is 6.33 Å². The first-order valence-corrected chi connectivity index (χ1v) is 11.7. The Labute approximate surface area is 206 Å². The lowest BCUT2D eigenvalue weighted by Crippen LogP contribution is -2.51. The van der Waals surface area contributed by atoms with Gasteiger partial charge in [0.1, 0.15) is 12.1 Å². The van der Waals surface area contributed by atoms with Gasteiger partial charge in [-0.1, -0.05) is 13.8 Å². The number of aromatic amines is 1. The van der Waals surface area contributed by atoms with Crippen molar-refractivity contribution in [1.29, 1.82) is 0 Å². The predicted molar refractivity (Wildman–Crippen MR) is 130 cm³/mol. The summed E-state index contributed by atoms with van der Waals surface area (Å²) in [6.07, 6.45) is 2.57. The topological polar surface area (TPSA) is 83.9 Å². The van der Waals surface area contributed by atoms with Gasteiger partial charge in [-0.25, -0.2) is 9.97 Å². The number of ether oxygens (including phenoxy) is 1. The quantitative estimate of drug-likeness (QED) is 0.370. The molecule has 0 bridgehead atoms. The van der Waals surface area contributed by atoms with Gasteiger partial charge in [0, 0.05) is 53.6 Å². The van der Waals surface area contributed by atoms with Crippen LogP contribution < -0.4 is 4.74 Å². The van der Waals surface area contributed by atoms with Crippen molar-refractivity contribution in [2.75, 3.05) is 6.61 Å². The SMILES string of the molecule is Cc1c(CC(O)(CC(C)(C)c2cc(-c3cncnc3)cc3c2OCC3)C(F)(F)F)[nH]c2cnccc12. The van der Waals surface area contributed by atoms with Crippen LogP contribution in [0.1, 0.15) is 42.7 Å². The van der Waals surface area contributed by atoms with Crippen LogP contribution in [0.3, 0.4) is 0 Å². The number of aryl methyl sites for hydroxylation is 1. The molecule has 0 amide bonds. The Morgan fingerprint density at radius 3 is 2.50 bits per heavy atom. The summed E-state index contributed by atoms with van der Waals surface area (Å²) in [5.41, 5.74) is 0.700.